The van der Waals surface area contributed by atoms with Crippen molar-refractivity contribution < 1.29 is 0 Å². The molecule has 2 rings (SSSR count). The van der Waals surface area contributed by atoms with Gasteiger partial charge < -0.3 is 0 Å². The number of halogens is 2. The van der Waals surface area contributed by atoms with Crippen LogP contribution in [-0.2, 0) is 0 Å². The summed E-state index contributed by atoms with van der Waals surface area (Å²) < 4.78 is 0. The van der Waals surface area contributed by atoms with Gasteiger partial charge in [-0.2, -0.15) is 0 Å². The summed E-state index contributed by atoms with van der Waals surface area (Å²) in [6.45, 7) is 2.31. The highest BCUT2D eigenvalue weighted by atomic mass is 79.9. The Labute approximate surface area is 96.4 Å². The second-order valence-electron chi connectivity index (χ2n) is 3.73. The van der Waals surface area contributed by atoms with Gasteiger partial charge in [0.1, 0.15) is 0 Å². The van der Waals surface area contributed by atoms with Gasteiger partial charge in [-0.3, -0.25) is 0 Å². The summed E-state index contributed by atoms with van der Waals surface area (Å²) in [6.07, 6.45) is 2.79. The Bertz CT molecular complexity index is 293. The van der Waals surface area contributed by atoms with Gasteiger partial charge in [0.05, 0.1) is 9.85 Å². The highest BCUT2D eigenvalue weighted by molar-refractivity contribution is 9.09. The Morgan fingerprint density at radius 2 is 2.31 bits per heavy atom. The minimum atomic E-state index is 0.451. The highest BCUT2D eigenvalue weighted by Crippen LogP contribution is 2.48. The van der Waals surface area contributed by atoms with E-state index in [1.54, 1.807) is 11.3 Å². The fourth-order valence-corrected chi connectivity index (χ4v) is 4.00. The quantitative estimate of drug-likeness (QED) is 0.692. The molecule has 0 nitrogen and oxygen atoms in total. The van der Waals surface area contributed by atoms with Gasteiger partial charge in [-0.05, 0) is 36.1 Å². The normalized spacial score (nSPS) is 21.5. The van der Waals surface area contributed by atoms with Gasteiger partial charge in [0.25, 0.3) is 0 Å². The van der Waals surface area contributed by atoms with E-state index in [1.165, 1.54) is 17.7 Å². The van der Waals surface area contributed by atoms with Crippen LogP contribution in [0.3, 0.4) is 0 Å². The summed E-state index contributed by atoms with van der Waals surface area (Å²) in [4.78, 5) is 1.74. The van der Waals surface area contributed by atoms with Crippen molar-refractivity contribution in [2.75, 3.05) is 0 Å². The molecule has 0 aliphatic heterocycles. The van der Waals surface area contributed by atoms with Crippen molar-refractivity contribution in [1.29, 1.82) is 0 Å². The van der Waals surface area contributed by atoms with Gasteiger partial charge in [-0.1, -0.05) is 34.5 Å². The summed E-state index contributed by atoms with van der Waals surface area (Å²) in [5.41, 5.74) is 0. The lowest BCUT2D eigenvalue weighted by atomic mass is 10.0. The lowest BCUT2D eigenvalue weighted by Gasteiger charge is -2.16. The first-order chi connectivity index (χ1) is 6.20. The monoisotopic (exact) mass is 278 g/mol. The molecule has 2 atom stereocenters. The second-order valence-corrected chi connectivity index (χ2v) is 6.07. The first-order valence-corrected chi connectivity index (χ1v) is 6.74. The third-order valence-corrected chi connectivity index (χ3v) is 5.76. The minimum Gasteiger partial charge on any atom is -0.146 e. The number of thiophene rings is 1. The number of hydrogen-bond donors (Lipinski definition) is 0. The topological polar surface area (TPSA) is 0 Å². The van der Waals surface area contributed by atoms with Crippen molar-refractivity contribution in [3.8, 4) is 0 Å². The average molecular weight is 280 g/mol. The Hall–Kier alpha value is 0.470. The number of alkyl halides is 1. The zero-order chi connectivity index (χ0) is 9.42. The van der Waals surface area contributed by atoms with E-state index in [0.29, 0.717) is 4.83 Å². The van der Waals surface area contributed by atoms with Crippen LogP contribution in [0.4, 0.5) is 0 Å². The van der Waals surface area contributed by atoms with Crippen molar-refractivity contribution in [2.24, 2.45) is 11.8 Å². The van der Waals surface area contributed by atoms with Crippen LogP contribution >= 0.6 is 38.9 Å². The molecule has 13 heavy (non-hydrogen) atoms. The number of hydrogen-bond acceptors (Lipinski definition) is 1. The van der Waals surface area contributed by atoms with E-state index in [4.69, 9.17) is 11.6 Å². The standard InChI is InChI=1S/C10H12BrClS/c1-6(7-2-3-7)9(11)10-8(12)4-5-13-10/h4-7,9H,2-3H2,1H3. The van der Waals surface area contributed by atoms with Crippen LogP contribution in [0.25, 0.3) is 0 Å². The molecule has 1 heterocycles. The average Bonchev–Trinajstić information content (AvgIpc) is 2.87. The molecule has 1 aromatic heterocycles. The lowest BCUT2D eigenvalue weighted by molar-refractivity contribution is 0.507. The minimum absolute atomic E-state index is 0.451. The highest BCUT2D eigenvalue weighted by Gasteiger charge is 2.33. The molecule has 1 aromatic rings. The van der Waals surface area contributed by atoms with Gasteiger partial charge in [-0.25, -0.2) is 0 Å². The van der Waals surface area contributed by atoms with E-state index in [-0.39, 0.29) is 0 Å². The molecule has 1 fully saturated rings. The molecule has 3 heteroatoms. The smallest absolute Gasteiger partial charge is 0.0556 e. The molecule has 0 radical (unpaired) electrons. The van der Waals surface area contributed by atoms with Crippen LogP contribution in [0.5, 0.6) is 0 Å². The van der Waals surface area contributed by atoms with E-state index in [2.05, 4.69) is 28.2 Å². The Morgan fingerprint density at radius 1 is 1.62 bits per heavy atom. The molecule has 1 aliphatic carbocycles. The summed E-state index contributed by atoms with van der Waals surface area (Å²) in [7, 11) is 0. The zero-order valence-corrected chi connectivity index (χ0v) is 10.6. The van der Waals surface area contributed by atoms with Crippen LogP contribution in [0.15, 0.2) is 11.4 Å². The summed E-state index contributed by atoms with van der Waals surface area (Å²) in [5.74, 6) is 1.64. The largest absolute Gasteiger partial charge is 0.146 e. The van der Waals surface area contributed by atoms with Crippen molar-refractivity contribution in [2.45, 2.75) is 24.6 Å². The predicted molar refractivity (Wildman–Crippen MR) is 62.9 cm³/mol. The molecule has 1 saturated carbocycles. The predicted octanol–water partition coefficient (Wildman–Crippen LogP) is 4.88. The molecule has 0 N–H and O–H groups in total. The summed E-state index contributed by atoms with van der Waals surface area (Å²) in [6, 6.07) is 1.98. The van der Waals surface area contributed by atoms with Gasteiger partial charge in [0.15, 0.2) is 0 Å². The summed E-state index contributed by atoms with van der Waals surface area (Å²) >= 11 is 11.6. The fourth-order valence-electron chi connectivity index (χ4n) is 1.60. The van der Waals surface area contributed by atoms with Gasteiger partial charge >= 0.3 is 0 Å². The maximum Gasteiger partial charge on any atom is 0.0556 e. The molecular weight excluding hydrogens is 268 g/mol. The Morgan fingerprint density at radius 3 is 2.77 bits per heavy atom. The maximum absolute atomic E-state index is 6.08. The van der Waals surface area contributed by atoms with Gasteiger partial charge in [0, 0.05) is 4.88 Å². The zero-order valence-electron chi connectivity index (χ0n) is 7.47. The molecule has 0 aromatic carbocycles. The first kappa shape index (κ1) is 10.0. The third-order valence-electron chi connectivity index (χ3n) is 2.72. The van der Waals surface area contributed by atoms with Crippen molar-refractivity contribution >= 4 is 38.9 Å². The summed E-state index contributed by atoms with van der Waals surface area (Å²) in [5, 5.41) is 2.98. The molecule has 2 unspecified atom stereocenters. The van der Waals surface area contributed by atoms with Crippen LogP contribution < -0.4 is 0 Å². The van der Waals surface area contributed by atoms with Crippen molar-refractivity contribution in [1.82, 2.24) is 0 Å². The van der Waals surface area contributed by atoms with Crippen molar-refractivity contribution in [3.63, 3.8) is 0 Å². The molecule has 0 spiro atoms. The fraction of sp³-hybridized carbons (Fsp3) is 0.600. The number of rotatable bonds is 3. The van der Waals surface area contributed by atoms with Gasteiger partial charge in [-0.15, -0.1) is 11.3 Å². The SMILES string of the molecule is CC(C1CC1)C(Br)c1sccc1Cl. The maximum atomic E-state index is 6.08. The van der Waals surface area contributed by atoms with Crippen LogP contribution in [0.1, 0.15) is 29.5 Å². The van der Waals surface area contributed by atoms with E-state index in [9.17, 15) is 0 Å². The molecule has 0 bridgehead atoms. The van der Waals surface area contributed by atoms with Crippen LogP contribution in [0, 0.1) is 11.8 Å². The van der Waals surface area contributed by atoms with Crippen molar-refractivity contribution in [3.05, 3.63) is 21.3 Å². The van der Waals surface area contributed by atoms with Gasteiger partial charge in [0.2, 0.25) is 0 Å². The van der Waals surface area contributed by atoms with E-state index < -0.39 is 0 Å². The van der Waals surface area contributed by atoms with E-state index >= 15 is 0 Å². The third kappa shape index (κ3) is 2.11. The first-order valence-electron chi connectivity index (χ1n) is 4.57. The van der Waals surface area contributed by atoms with E-state index in [0.717, 1.165) is 16.9 Å². The molecule has 0 amide bonds. The van der Waals surface area contributed by atoms with E-state index in [1.807, 2.05) is 6.07 Å². The Kier molecular flexibility index (Phi) is 3.01. The molecule has 0 saturated heterocycles. The van der Waals surface area contributed by atoms with Crippen LogP contribution in [-0.4, -0.2) is 0 Å². The lowest BCUT2D eigenvalue weighted by Crippen LogP contribution is -2.04. The van der Waals surface area contributed by atoms with Crippen LogP contribution in [0.2, 0.25) is 5.02 Å². The molecule has 72 valence electrons. The molecule has 1 aliphatic rings. The second kappa shape index (κ2) is 3.92. The Balaban J connectivity index is 2.11. The molecular formula is C10H12BrClS.